The number of nitro benzene ring substituents is 1. The monoisotopic (exact) mass is 258 g/mol. The van der Waals surface area contributed by atoms with E-state index in [0.29, 0.717) is 0 Å². The Hall–Kier alpha value is -1.69. The minimum absolute atomic E-state index is 0.154. The van der Waals surface area contributed by atoms with Crippen LogP contribution in [0.25, 0.3) is 0 Å². The molecule has 0 aliphatic carbocycles. The van der Waals surface area contributed by atoms with Gasteiger partial charge in [-0.3, -0.25) is 20.2 Å². The molecule has 0 aliphatic rings. The summed E-state index contributed by atoms with van der Waals surface area (Å²) in [5.41, 5.74) is -1.53. The van der Waals surface area contributed by atoms with Crippen molar-refractivity contribution in [1.82, 2.24) is 0 Å². The molecule has 7 heteroatoms. The maximum Gasteiger partial charge on any atom is 0.274 e. The van der Waals surface area contributed by atoms with Crippen molar-refractivity contribution >= 4 is 17.3 Å². The van der Waals surface area contributed by atoms with Crippen molar-refractivity contribution < 1.29 is 9.85 Å². The van der Waals surface area contributed by atoms with Crippen molar-refractivity contribution in [3.8, 4) is 0 Å². The van der Waals surface area contributed by atoms with E-state index < -0.39 is 20.8 Å². The molecule has 1 aromatic carbocycles. The molecule has 0 aromatic heterocycles. The Labute approximate surface area is 103 Å². The van der Waals surface area contributed by atoms with E-state index in [-0.39, 0.29) is 11.3 Å². The van der Waals surface area contributed by atoms with Crippen LogP contribution in [0.15, 0.2) is 24.3 Å². The number of nitrogens with zero attached hydrogens (tertiary/aromatic N) is 2. The van der Waals surface area contributed by atoms with Crippen molar-refractivity contribution in [2.75, 3.05) is 0 Å². The highest BCUT2D eigenvalue weighted by atomic mass is 35.5. The van der Waals surface area contributed by atoms with Gasteiger partial charge in [0.1, 0.15) is 5.38 Å². The summed E-state index contributed by atoms with van der Waals surface area (Å²) in [6, 6.07) is 5.76. The SMILES string of the molecule is CC(C)(C(Cl)c1ccccc1[N+](=O)[O-])[N+](=O)[O-]. The van der Waals surface area contributed by atoms with Gasteiger partial charge < -0.3 is 0 Å². The zero-order chi connectivity index (χ0) is 13.2. The molecule has 0 saturated heterocycles. The maximum absolute atomic E-state index is 10.9. The van der Waals surface area contributed by atoms with Crippen molar-refractivity contribution in [2.24, 2.45) is 0 Å². The average Bonchev–Trinajstić information content (AvgIpc) is 2.27. The van der Waals surface area contributed by atoms with Crippen molar-refractivity contribution in [1.29, 1.82) is 0 Å². The summed E-state index contributed by atoms with van der Waals surface area (Å²) < 4.78 is 0. The molecule has 0 amide bonds. The Morgan fingerprint density at radius 3 is 2.24 bits per heavy atom. The molecule has 0 spiro atoms. The third kappa shape index (κ3) is 2.52. The van der Waals surface area contributed by atoms with Gasteiger partial charge in [0.2, 0.25) is 5.54 Å². The lowest BCUT2D eigenvalue weighted by molar-refractivity contribution is -0.561. The van der Waals surface area contributed by atoms with E-state index in [1.54, 1.807) is 6.07 Å². The molecule has 0 aliphatic heterocycles. The zero-order valence-electron chi connectivity index (χ0n) is 9.29. The van der Waals surface area contributed by atoms with Crippen LogP contribution in [0.5, 0.6) is 0 Å². The molecule has 92 valence electrons. The van der Waals surface area contributed by atoms with E-state index in [4.69, 9.17) is 11.6 Å². The topological polar surface area (TPSA) is 86.3 Å². The van der Waals surface area contributed by atoms with Gasteiger partial charge in [-0.15, -0.1) is 11.6 Å². The van der Waals surface area contributed by atoms with Gasteiger partial charge in [0.25, 0.3) is 5.69 Å². The molecular weight excluding hydrogens is 248 g/mol. The van der Waals surface area contributed by atoms with Crippen LogP contribution in [0.1, 0.15) is 24.8 Å². The number of alkyl halides is 1. The van der Waals surface area contributed by atoms with E-state index >= 15 is 0 Å². The molecule has 0 N–H and O–H groups in total. The van der Waals surface area contributed by atoms with Crippen LogP contribution in [0.3, 0.4) is 0 Å². The lowest BCUT2D eigenvalue weighted by atomic mass is 9.94. The Morgan fingerprint density at radius 1 is 1.24 bits per heavy atom. The van der Waals surface area contributed by atoms with Crippen LogP contribution in [0, 0.1) is 20.2 Å². The Balaban J connectivity index is 3.26. The highest BCUT2D eigenvalue weighted by Gasteiger charge is 2.43. The first-order valence-corrected chi connectivity index (χ1v) is 5.24. The first-order valence-electron chi connectivity index (χ1n) is 4.80. The second-order valence-electron chi connectivity index (χ2n) is 4.09. The molecule has 1 atom stereocenters. The number of rotatable bonds is 4. The molecule has 6 nitrogen and oxygen atoms in total. The summed E-state index contributed by atoms with van der Waals surface area (Å²) in [7, 11) is 0. The molecule has 0 fully saturated rings. The standard InChI is InChI=1S/C10H11ClN2O4/c1-10(2,13(16)17)9(11)7-5-3-4-6-8(7)12(14)15/h3-6,9H,1-2H3. The molecule has 1 aromatic rings. The van der Waals surface area contributed by atoms with Crippen LogP contribution in [0.2, 0.25) is 0 Å². The van der Waals surface area contributed by atoms with E-state index in [1.807, 2.05) is 0 Å². The highest BCUT2D eigenvalue weighted by molar-refractivity contribution is 6.21. The lowest BCUT2D eigenvalue weighted by Gasteiger charge is -2.21. The minimum Gasteiger partial charge on any atom is -0.264 e. The fourth-order valence-electron chi connectivity index (χ4n) is 1.34. The number of hydrogen-bond donors (Lipinski definition) is 0. The van der Waals surface area contributed by atoms with Crippen molar-refractivity contribution in [3.63, 3.8) is 0 Å². The largest absolute Gasteiger partial charge is 0.274 e. The number of benzene rings is 1. The Kier molecular flexibility index (Phi) is 3.67. The molecular formula is C10H11ClN2O4. The third-order valence-corrected chi connectivity index (χ3v) is 3.27. The average molecular weight is 259 g/mol. The van der Waals surface area contributed by atoms with E-state index in [9.17, 15) is 20.2 Å². The number of nitro groups is 2. The molecule has 0 saturated carbocycles. The fraction of sp³-hybridized carbons (Fsp3) is 0.400. The van der Waals surface area contributed by atoms with Gasteiger partial charge in [-0.05, 0) is 0 Å². The van der Waals surface area contributed by atoms with Gasteiger partial charge >= 0.3 is 0 Å². The maximum atomic E-state index is 10.9. The molecule has 0 bridgehead atoms. The van der Waals surface area contributed by atoms with Gasteiger partial charge in [0.15, 0.2) is 0 Å². The Bertz CT molecular complexity index is 461. The summed E-state index contributed by atoms with van der Waals surface area (Å²) in [6.45, 7) is 2.67. The first-order chi connectivity index (χ1) is 7.78. The normalized spacial score (nSPS) is 13.1. The van der Waals surface area contributed by atoms with Gasteiger partial charge in [0, 0.05) is 24.8 Å². The predicted octanol–water partition coefficient (Wildman–Crippen LogP) is 2.93. The summed E-state index contributed by atoms with van der Waals surface area (Å²) in [6.07, 6.45) is 0. The van der Waals surface area contributed by atoms with Crippen molar-refractivity contribution in [2.45, 2.75) is 24.8 Å². The molecule has 1 unspecified atom stereocenters. The lowest BCUT2D eigenvalue weighted by Crippen LogP contribution is -2.35. The predicted molar refractivity (Wildman–Crippen MR) is 62.8 cm³/mol. The first kappa shape index (κ1) is 13.4. The summed E-state index contributed by atoms with van der Waals surface area (Å²) >= 11 is 6.00. The quantitative estimate of drug-likeness (QED) is 0.472. The summed E-state index contributed by atoms with van der Waals surface area (Å²) in [5.74, 6) is 0. The second-order valence-corrected chi connectivity index (χ2v) is 4.53. The van der Waals surface area contributed by atoms with E-state index in [0.717, 1.165) is 0 Å². The molecule has 17 heavy (non-hydrogen) atoms. The van der Waals surface area contributed by atoms with Gasteiger partial charge in [-0.25, -0.2) is 0 Å². The highest BCUT2D eigenvalue weighted by Crippen LogP contribution is 2.38. The number of para-hydroxylation sites is 1. The van der Waals surface area contributed by atoms with Crippen LogP contribution < -0.4 is 0 Å². The molecule has 1 rings (SSSR count). The van der Waals surface area contributed by atoms with Gasteiger partial charge in [0.05, 0.1) is 10.5 Å². The third-order valence-electron chi connectivity index (χ3n) is 2.50. The second kappa shape index (κ2) is 4.67. The molecule has 0 heterocycles. The van der Waals surface area contributed by atoms with Gasteiger partial charge in [-0.2, -0.15) is 0 Å². The van der Waals surface area contributed by atoms with E-state index in [1.165, 1.54) is 32.0 Å². The Morgan fingerprint density at radius 2 is 1.76 bits per heavy atom. The number of hydrogen-bond acceptors (Lipinski definition) is 4. The van der Waals surface area contributed by atoms with Crippen LogP contribution in [-0.4, -0.2) is 15.4 Å². The number of halogens is 1. The fourth-order valence-corrected chi connectivity index (χ4v) is 1.61. The summed E-state index contributed by atoms with van der Waals surface area (Å²) in [4.78, 5) is 20.5. The zero-order valence-corrected chi connectivity index (χ0v) is 10.0. The van der Waals surface area contributed by atoms with Crippen LogP contribution in [-0.2, 0) is 0 Å². The minimum atomic E-state index is -1.48. The van der Waals surface area contributed by atoms with E-state index in [2.05, 4.69) is 0 Å². The molecule has 0 radical (unpaired) electrons. The van der Waals surface area contributed by atoms with Crippen LogP contribution >= 0.6 is 11.6 Å². The van der Waals surface area contributed by atoms with Gasteiger partial charge in [-0.1, -0.05) is 18.2 Å². The summed E-state index contributed by atoms with van der Waals surface area (Å²) in [5, 5.41) is 20.6. The van der Waals surface area contributed by atoms with Crippen LogP contribution in [0.4, 0.5) is 5.69 Å². The van der Waals surface area contributed by atoms with Crippen molar-refractivity contribution in [3.05, 3.63) is 50.1 Å². The smallest absolute Gasteiger partial charge is 0.264 e.